The van der Waals surface area contributed by atoms with Crippen LogP contribution in [0.1, 0.15) is 11.1 Å². The molecule has 0 radical (unpaired) electrons. The highest BCUT2D eigenvalue weighted by molar-refractivity contribution is 9.08. The normalized spacial score (nSPS) is 10.4. The van der Waals surface area contributed by atoms with Gasteiger partial charge in [0.05, 0.1) is 5.02 Å². The van der Waals surface area contributed by atoms with Crippen molar-refractivity contribution in [1.82, 2.24) is 0 Å². The van der Waals surface area contributed by atoms with Crippen LogP contribution in [0.25, 0.3) is 0 Å². The molecule has 0 aliphatic carbocycles. The standard InChI is InChI=1S/C14H11BrClFO/c15-8-10-3-1-4-11(7-10)18-9-12-13(16)5-2-6-14(12)17/h1-7H,8-9H2. The van der Waals surface area contributed by atoms with Gasteiger partial charge < -0.3 is 4.74 Å². The molecule has 0 spiro atoms. The summed E-state index contributed by atoms with van der Waals surface area (Å²) in [6.45, 7) is 0.122. The summed E-state index contributed by atoms with van der Waals surface area (Å²) in [4.78, 5) is 0. The second-order valence-corrected chi connectivity index (χ2v) is 4.74. The lowest BCUT2D eigenvalue weighted by molar-refractivity contribution is 0.300. The van der Waals surface area contributed by atoms with Gasteiger partial charge in [-0.15, -0.1) is 0 Å². The predicted molar refractivity (Wildman–Crippen MR) is 74.8 cm³/mol. The maximum Gasteiger partial charge on any atom is 0.131 e. The Kier molecular flexibility index (Phi) is 4.61. The van der Waals surface area contributed by atoms with Gasteiger partial charge in [0.25, 0.3) is 0 Å². The van der Waals surface area contributed by atoms with Crippen LogP contribution in [0, 0.1) is 5.82 Å². The van der Waals surface area contributed by atoms with Gasteiger partial charge in [-0.3, -0.25) is 0 Å². The Morgan fingerprint density at radius 2 is 1.94 bits per heavy atom. The van der Waals surface area contributed by atoms with Crippen molar-refractivity contribution in [2.24, 2.45) is 0 Å². The van der Waals surface area contributed by atoms with Crippen LogP contribution < -0.4 is 4.74 Å². The lowest BCUT2D eigenvalue weighted by atomic mass is 10.2. The quantitative estimate of drug-likeness (QED) is 0.721. The maximum atomic E-state index is 13.5. The van der Waals surface area contributed by atoms with Crippen LogP contribution in [0.3, 0.4) is 0 Å². The largest absolute Gasteiger partial charge is 0.489 e. The van der Waals surface area contributed by atoms with E-state index in [1.165, 1.54) is 6.07 Å². The minimum atomic E-state index is -0.348. The Morgan fingerprint density at radius 1 is 1.17 bits per heavy atom. The van der Waals surface area contributed by atoms with Crippen molar-refractivity contribution in [3.8, 4) is 5.75 Å². The first-order chi connectivity index (χ1) is 8.70. The van der Waals surface area contributed by atoms with Crippen molar-refractivity contribution in [2.75, 3.05) is 0 Å². The molecule has 0 heterocycles. The average molecular weight is 330 g/mol. The first-order valence-corrected chi connectivity index (χ1v) is 6.91. The highest BCUT2D eigenvalue weighted by atomic mass is 79.9. The number of hydrogen-bond acceptors (Lipinski definition) is 1. The van der Waals surface area contributed by atoms with Gasteiger partial charge in [-0.1, -0.05) is 45.7 Å². The molecule has 0 aliphatic heterocycles. The van der Waals surface area contributed by atoms with Crippen LogP contribution in [0.4, 0.5) is 4.39 Å². The summed E-state index contributed by atoms with van der Waals surface area (Å²) in [6.07, 6.45) is 0. The van der Waals surface area contributed by atoms with Crippen molar-refractivity contribution in [3.63, 3.8) is 0 Å². The van der Waals surface area contributed by atoms with Crippen LogP contribution in [-0.2, 0) is 11.9 Å². The van der Waals surface area contributed by atoms with Crippen molar-refractivity contribution in [3.05, 3.63) is 64.4 Å². The van der Waals surface area contributed by atoms with Gasteiger partial charge >= 0.3 is 0 Å². The summed E-state index contributed by atoms with van der Waals surface area (Å²) in [7, 11) is 0. The second kappa shape index (κ2) is 6.21. The summed E-state index contributed by atoms with van der Waals surface area (Å²) < 4.78 is 19.1. The molecule has 0 amide bonds. The molecule has 0 aromatic heterocycles. The number of benzene rings is 2. The van der Waals surface area contributed by atoms with Crippen molar-refractivity contribution < 1.29 is 9.13 Å². The monoisotopic (exact) mass is 328 g/mol. The van der Waals surface area contributed by atoms with Crippen molar-refractivity contribution >= 4 is 27.5 Å². The van der Waals surface area contributed by atoms with E-state index < -0.39 is 0 Å². The Bertz CT molecular complexity index is 525. The smallest absolute Gasteiger partial charge is 0.131 e. The molecule has 0 fully saturated rings. The van der Waals surface area contributed by atoms with Gasteiger partial charge in [-0.05, 0) is 29.8 Å². The third kappa shape index (κ3) is 3.24. The summed E-state index contributed by atoms with van der Waals surface area (Å²) >= 11 is 9.30. The zero-order valence-corrected chi connectivity index (χ0v) is 11.8. The van der Waals surface area contributed by atoms with Crippen LogP contribution in [-0.4, -0.2) is 0 Å². The molecule has 2 aromatic rings. The molecule has 0 unspecified atom stereocenters. The van der Waals surface area contributed by atoms with Crippen molar-refractivity contribution in [1.29, 1.82) is 0 Å². The zero-order chi connectivity index (χ0) is 13.0. The van der Waals surface area contributed by atoms with Gasteiger partial charge in [0.2, 0.25) is 0 Å². The van der Waals surface area contributed by atoms with E-state index in [0.29, 0.717) is 16.3 Å². The van der Waals surface area contributed by atoms with Crippen LogP contribution in [0.15, 0.2) is 42.5 Å². The van der Waals surface area contributed by atoms with Gasteiger partial charge in [-0.2, -0.15) is 0 Å². The maximum absolute atomic E-state index is 13.5. The van der Waals surface area contributed by atoms with Crippen molar-refractivity contribution in [2.45, 2.75) is 11.9 Å². The number of ether oxygens (including phenoxy) is 1. The summed E-state index contributed by atoms with van der Waals surface area (Å²) in [5, 5.41) is 1.14. The first kappa shape index (κ1) is 13.4. The van der Waals surface area contributed by atoms with E-state index in [2.05, 4.69) is 15.9 Å². The van der Waals surface area contributed by atoms with E-state index in [4.69, 9.17) is 16.3 Å². The number of halogens is 3. The third-order valence-electron chi connectivity index (χ3n) is 2.50. The SMILES string of the molecule is Fc1cccc(Cl)c1COc1cccc(CBr)c1. The molecule has 0 aliphatic rings. The third-order valence-corrected chi connectivity index (χ3v) is 3.50. The molecule has 0 saturated heterocycles. The Labute approximate surface area is 119 Å². The molecular weight excluding hydrogens is 319 g/mol. The van der Waals surface area contributed by atoms with Crippen LogP contribution in [0.2, 0.25) is 5.02 Å². The van der Waals surface area contributed by atoms with E-state index >= 15 is 0 Å². The average Bonchev–Trinajstić information content (AvgIpc) is 2.38. The Balaban J connectivity index is 2.11. The molecule has 0 N–H and O–H groups in total. The molecule has 4 heteroatoms. The predicted octanol–water partition coefficient (Wildman–Crippen LogP) is 4.95. The second-order valence-electron chi connectivity index (χ2n) is 3.77. The van der Waals surface area contributed by atoms with E-state index in [9.17, 15) is 4.39 Å². The topological polar surface area (TPSA) is 9.23 Å². The lowest BCUT2D eigenvalue weighted by Crippen LogP contribution is -1.99. The summed E-state index contributed by atoms with van der Waals surface area (Å²) in [6, 6.07) is 12.2. The zero-order valence-electron chi connectivity index (χ0n) is 9.50. The fourth-order valence-corrected chi connectivity index (χ4v) is 2.11. The van der Waals surface area contributed by atoms with E-state index in [-0.39, 0.29) is 12.4 Å². The van der Waals surface area contributed by atoms with Crippen LogP contribution in [0.5, 0.6) is 5.75 Å². The van der Waals surface area contributed by atoms with Crippen LogP contribution >= 0.6 is 27.5 Å². The van der Waals surface area contributed by atoms with E-state index in [1.54, 1.807) is 12.1 Å². The van der Waals surface area contributed by atoms with Gasteiger partial charge in [0.1, 0.15) is 18.2 Å². The van der Waals surface area contributed by atoms with Gasteiger partial charge in [0, 0.05) is 10.9 Å². The fourth-order valence-electron chi connectivity index (χ4n) is 1.54. The molecule has 1 nitrogen and oxygen atoms in total. The lowest BCUT2D eigenvalue weighted by Gasteiger charge is -2.09. The molecule has 0 atom stereocenters. The molecule has 0 bridgehead atoms. The molecular formula is C14H11BrClFO. The highest BCUT2D eigenvalue weighted by Crippen LogP contribution is 2.22. The number of alkyl halides is 1. The minimum Gasteiger partial charge on any atom is -0.489 e. The summed E-state index contributed by atoms with van der Waals surface area (Å²) in [5.74, 6) is 0.352. The first-order valence-electron chi connectivity index (χ1n) is 5.41. The minimum absolute atomic E-state index is 0.122. The highest BCUT2D eigenvalue weighted by Gasteiger charge is 2.07. The summed E-state index contributed by atoms with van der Waals surface area (Å²) in [5.41, 5.74) is 1.48. The molecule has 94 valence electrons. The molecule has 18 heavy (non-hydrogen) atoms. The number of rotatable bonds is 4. The van der Waals surface area contributed by atoms with Gasteiger partial charge in [-0.25, -0.2) is 4.39 Å². The van der Waals surface area contributed by atoms with E-state index in [1.807, 2.05) is 24.3 Å². The molecule has 2 rings (SSSR count). The fraction of sp³-hybridized carbons (Fsp3) is 0.143. The van der Waals surface area contributed by atoms with Gasteiger partial charge in [0.15, 0.2) is 0 Å². The Hall–Kier alpha value is -1.06. The Morgan fingerprint density at radius 3 is 2.67 bits per heavy atom. The molecule has 0 saturated carbocycles. The molecule has 2 aromatic carbocycles. The number of hydrogen-bond donors (Lipinski definition) is 0. The van der Waals surface area contributed by atoms with E-state index in [0.717, 1.165) is 10.9 Å².